The van der Waals surface area contributed by atoms with Gasteiger partial charge in [-0.3, -0.25) is 4.79 Å². The molecule has 0 spiro atoms. The van der Waals surface area contributed by atoms with E-state index in [2.05, 4.69) is 17.0 Å². The van der Waals surface area contributed by atoms with Crippen LogP contribution in [-0.4, -0.2) is 26.9 Å². The summed E-state index contributed by atoms with van der Waals surface area (Å²) in [5.74, 6) is -0.241. The Kier molecular flexibility index (Phi) is 7.90. The van der Waals surface area contributed by atoms with Gasteiger partial charge in [-0.1, -0.05) is 51.2 Å². The Bertz CT molecular complexity index is 641. The van der Waals surface area contributed by atoms with Gasteiger partial charge >= 0.3 is 0 Å². The molecule has 1 amide bonds. The number of hydrogen-bond acceptors (Lipinski definition) is 3. The topological polar surface area (TPSA) is 75.3 Å². The van der Waals surface area contributed by atoms with E-state index in [0.29, 0.717) is 13.0 Å². The van der Waals surface area contributed by atoms with E-state index in [1.165, 1.54) is 32.1 Å². The Balaban J connectivity index is 1.84. The van der Waals surface area contributed by atoms with E-state index < -0.39 is 16.1 Å². The maximum absolute atomic E-state index is 12.4. The van der Waals surface area contributed by atoms with Crippen molar-refractivity contribution in [1.29, 1.82) is 0 Å². The number of carbonyl (C=O) groups excluding carboxylic acids is 1. The molecule has 140 valence electrons. The van der Waals surface area contributed by atoms with E-state index in [0.717, 1.165) is 24.8 Å². The van der Waals surface area contributed by atoms with Crippen molar-refractivity contribution in [3.05, 3.63) is 29.8 Å². The maximum Gasteiger partial charge on any atom is 0.241 e. The summed E-state index contributed by atoms with van der Waals surface area (Å²) in [5, 5.41) is 2.69. The first-order valence-electron chi connectivity index (χ1n) is 9.42. The van der Waals surface area contributed by atoms with Crippen molar-refractivity contribution in [1.82, 2.24) is 10.0 Å². The second-order valence-corrected chi connectivity index (χ2v) is 8.48. The van der Waals surface area contributed by atoms with E-state index in [1.807, 2.05) is 12.1 Å². The highest BCUT2D eigenvalue weighted by atomic mass is 32.2. The molecule has 0 aromatic heterocycles. The number of carbonyl (C=O) groups is 1. The molecule has 0 radical (unpaired) electrons. The fourth-order valence-electron chi connectivity index (χ4n) is 3.08. The van der Waals surface area contributed by atoms with E-state index in [1.54, 1.807) is 12.1 Å². The molecule has 0 unspecified atom stereocenters. The number of hydrogen-bond donors (Lipinski definition) is 2. The highest BCUT2D eigenvalue weighted by Gasteiger charge is 2.27. The van der Waals surface area contributed by atoms with Crippen LogP contribution in [0.3, 0.4) is 0 Å². The van der Waals surface area contributed by atoms with Gasteiger partial charge in [0.25, 0.3) is 0 Å². The average molecular weight is 367 g/mol. The monoisotopic (exact) mass is 366 g/mol. The molecule has 6 heteroatoms. The lowest BCUT2D eigenvalue weighted by atomic mass is 10.1. The van der Waals surface area contributed by atoms with Gasteiger partial charge < -0.3 is 5.32 Å². The summed E-state index contributed by atoms with van der Waals surface area (Å²) in [7, 11) is -3.66. The predicted octanol–water partition coefficient (Wildman–Crippen LogP) is 3.15. The van der Waals surface area contributed by atoms with Crippen molar-refractivity contribution in [2.45, 2.75) is 75.6 Å². The van der Waals surface area contributed by atoms with Gasteiger partial charge in [0.2, 0.25) is 15.9 Å². The number of amides is 1. The van der Waals surface area contributed by atoms with E-state index >= 15 is 0 Å². The van der Waals surface area contributed by atoms with Crippen LogP contribution in [0, 0.1) is 0 Å². The SMILES string of the molecule is CCCCCCCCc1ccc(S(=O)(=O)N[C@@H]2CCCNC2=O)cc1. The van der Waals surface area contributed by atoms with Crippen molar-refractivity contribution >= 4 is 15.9 Å². The third kappa shape index (κ3) is 6.44. The number of benzene rings is 1. The van der Waals surface area contributed by atoms with Gasteiger partial charge in [-0.15, -0.1) is 0 Å². The quantitative estimate of drug-likeness (QED) is 0.625. The summed E-state index contributed by atoms with van der Waals surface area (Å²) in [6.45, 7) is 2.83. The van der Waals surface area contributed by atoms with Gasteiger partial charge in [-0.05, 0) is 43.4 Å². The third-order valence-corrected chi connectivity index (χ3v) is 6.12. The minimum absolute atomic E-state index is 0.220. The van der Waals surface area contributed by atoms with Gasteiger partial charge in [0, 0.05) is 6.54 Å². The Morgan fingerprint density at radius 3 is 2.44 bits per heavy atom. The predicted molar refractivity (Wildman–Crippen MR) is 99.9 cm³/mol. The Hall–Kier alpha value is -1.40. The van der Waals surface area contributed by atoms with Crippen LogP contribution in [0.1, 0.15) is 63.9 Å². The second kappa shape index (κ2) is 9.92. The molecule has 2 rings (SSSR count). The zero-order valence-electron chi connectivity index (χ0n) is 15.1. The van der Waals surface area contributed by atoms with E-state index in [9.17, 15) is 13.2 Å². The first-order chi connectivity index (χ1) is 12.0. The highest BCUT2D eigenvalue weighted by molar-refractivity contribution is 7.89. The summed E-state index contributed by atoms with van der Waals surface area (Å²) >= 11 is 0. The average Bonchev–Trinajstić information content (AvgIpc) is 2.60. The Morgan fingerprint density at radius 2 is 1.76 bits per heavy atom. The first-order valence-corrected chi connectivity index (χ1v) is 10.9. The zero-order chi connectivity index (χ0) is 18.1. The lowest BCUT2D eigenvalue weighted by molar-refractivity contribution is -0.124. The lowest BCUT2D eigenvalue weighted by Crippen LogP contribution is -2.50. The van der Waals surface area contributed by atoms with Gasteiger partial charge in [0.15, 0.2) is 0 Å². The molecule has 1 heterocycles. The van der Waals surface area contributed by atoms with E-state index in [4.69, 9.17) is 0 Å². The molecule has 1 fully saturated rings. The molecule has 1 saturated heterocycles. The zero-order valence-corrected chi connectivity index (χ0v) is 15.9. The molecule has 1 aliphatic heterocycles. The molecule has 1 atom stereocenters. The van der Waals surface area contributed by atoms with Crippen LogP contribution in [0.25, 0.3) is 0 Å². The van der Waals surface area contributed by atoms with Crippen LogP contribution in [0.2, 0.25) is 0 Å². The van der Waals surface area contributed by atoms with Gasteiger partial charge in [0.05, 0.1) is 4.90 Å². The van der Waals surface area contributed by atoms with Crippen molar-refractivity contribution in [2.24, 2.45) is 0 Å². The number of sulfonamides is 1. The van der Waals surface area contributed by atoms with Crippen LogP contribution in [0.4, 0.5) is 0 Å². The smallest absolute Gasteiger partial charge is 0.241 e. The van der Waals surface area contributed by atoms with Crippen molar-refractivity contribution in [3.63, 3.8) is 0 Å². The largest absolute Gasteiger partial charge is 0.355 e. The second-order valence-electron chi connectivity index (χ2n) is 6.77. The first kappa shape index (κ1) is 19.9. The number of unbranched alkanes of at least 4 members (excludes halogenated alkanes) is 5. The molecule has 2 N–H and O–H groups in total. The molecule has 1 aromatic rings. The summed E-state index contributed by atoms with van der Waals surface area (Å²) < 4.78 is 27.4. The maximum atomic E-state index is 12.4. The summed E-state index contributed by atoms with van der Waals surface area (Å²) in [4.78, 5) is 12.0. The van der Waals surface area contributed by atoms with Crippen molar-refractivity contribution < 1.29 is 13.2 Å². The van der Waals surface area contributed by atoms with Crippen LogP contribution >= 0.6 is 0 Å². The van der Waals surface area contributed by atoms with Gasteiger partial charge in [-0.25, -0.2) is 8.42 Å². The molecule has 0 aliphatic carbocycles. The summed E-state index contributed by atoms with van der Waals surface area (Å²) in [6, 6.07) is 6.36. The summed E-state index contributed by atoms with van der Waals surface area (Å²) in [5.41, 5.74) is 1.16. The molecule has 25 heavy (non-hydrogen) atoms. The minimum Gasteiger partial charge on any atom is -0.355 e. The Morgan fingerprint density at radius 1 is 1.08 bits per heavy atom. The summed E-state index contributed by atoms with van der Waals surface area (Å²) in [6.07, 6.45) is 9.80. The van der Waals surface area contributed by atoms with Crippen LogP contribution < -0.4 is 10.0 Å². The standard InChI is InChI=1S/C19H30N2O3S/c1-2-3-4-5-6-7-9-16-11-13-17(14-12-16)25(23,24)21-18-10-8-15-20-19(18)22/h11-14,18,21H,2-10,15H2,1H3,(H,20,22)/t18-/m1/s1. The molecule has 1 aromatic carbocycles. The Labute approximate surface area is 151 Å². The number of aryl methyl sites for hydroxylation is 1. The number of rotatable bonds is 10. The van der Waals surface area contributed by atoms with Crippen LogP contribution in [0.5, 0.6) is 0 Å². The highest BCUT2D eigenvalue weighted by Crippen LogP contribution is 2.15. The molecule has 0 saturated carbocycles. The molecular weight excluding hydrogens is 336 g/mol. The fraction of sp³-hybridized carbons (Fsp3) is 0.632. The lowest BCUT2D eigenvalue weighted by Gasteiger charge is -2.22. The van der Waals surface area contributed by atoms with Crippen molar-refractivity contribution in [3.8, 4) is 0 Å². The number of nitrogens with one attached hydrogen (secondary N) is 2. The van der Waals surface area contributed by atoms with Crippen LogP contribution in [0.15, 0.2) is 29.2 Å². The fourth-order valence-corrected chi connectivity index (χ4v) is 4.31. The normalized spacial score (nSPS) is 18.1. The molecule has 0 bridgehead atoms. The van der Waals surface area contributed by atoms with E-state index in [-0.39, 0.29) is 10.8 Å². The van der Waals surface area contributed by atoms with Gasteiger partial charge in [-0.2, -0.15) is 4.72 Å². The van der Waals surface area contributed by atoms with Gasteiger partial charge in [0.1, 0.15) is 6.04 Å². The number of piperidine rings is 1. The van der Waals surface area contributed by atoms with Crippen LogP contribution in [-0.2, 0) is 21.2 Å². The minimum atomic E-state index is -3.66. The van der Waals surface area contributed by atoms with Crippen molar-refractivity contribution in [2.75, 3.05) is 6.54 Å². The molecule has 1 aliphatic rings. The third-order valence-electron chi connectivity index (χ3n) is 4.64. The molecule has 5 nitrogen and oxygen atoms in total. The molecular formula is C19H30N2O3S.